The van der Waals surface area contributed by atoms with E-state index in [0.717, 1.165) is 5.56 Å². The maximum Gasteiger partial charge on any atom is 0.240 e. The van der Waals surface area contributed by atoms with Gasteiger partial charge in [0.25, 0.3) is 0 Å². The molecule has 1 aliphatic carbocycles. The summed E-state index contributed by atoms with van der Waals surface area (Å²) < 4.78 is 26.5. The lowest BCUT2D eigenvalue weighted by atomic mass is 10.1. The predicted molar refractivity (Wildman–Crippen MR) is 80.1 cm³/mol. The van der Waals surface area contributed by atoms with Gasteiger partial charge in [0.05, 0.1) is 4.90 Å². The van der Waals surface area contributed by atoms with Gasteiger partial charge in [-0.1, -0.05) is 30.3 Å². The molecule has 0 saturated heterocycles. The number of rotatable bonds is 5. The Morgan fingerprint density at radius 2 is 1.65 bits per heavy atom. The highest BCUT2D eigenvalue weighted by atomic mass is 32.2. The molecule has 1 aliphatic rings. The lowest BCUT2D eigenvalue weighted by molar-refractivity contribution is -0.305. The van der Waals surface area contributed by atoms with Crippen LogP contribution in [0.25, 0.3) is 11.1 Å². The summed E-state index contributed by atoms with van der Waals surface area (Å²) in [6.45, 7) is -0.268. The Labute approximate surface area is 132 Å². The fourth-order valence-electron chi connectivity index (χ4n) is 2.55. The van der Waals surface area contributed by atoms with Crippen molar-refractivity contribution in [1.82, 2.24) is 4.72 Å². The molecule has 0 atom stereocenters. The molecule has 0 fully saturated rings. The zero-order valence-corrected chi connectivity index (χ0v) is 12.7. The topological polar surface area (TPSA) is 103 Å². The first-order valence-corrected chi connectivity index (χ1v) is 8.36. The van der Waals surface area contributed by atoms with Gasteiger partial charge in [0.2, 0.25) is 10.0 Å². The number of carboxylic acid groups (broad SMARTS) is 1. The summed E-state index contributed by atoms with van der Waals surface area (Å²) >= 11 is 0. The SMILES string of the molecule is O=C([O-])CCNS(=O)(=O)c1ccc2c(c1)C(=O)c1ccccc1-2. The number of aliphatic carboxylic acids is 1. The van der Waals surface area contributed by atoms with Crippen LogP contribution in [0.2, 0.25) is 0 Å². The first-order chi connectivity index (χ1) is 10.9. The van der Waals surface area contributed by atoms with Crippen LogP contribution in [0.3, 0.4) is 0 Å². The second-order valence-corrected chi connectivity index (χ2v) is 6.87. The first-order valence-electron chi connectivity index (χ1n) is 6.88. The van der Waals surface area contributed by atoms with E-state index in [9.17, 15) is 23.1 Å². The van der Waals surface area contributed by atoms with Crippen molar-refractivity contribution in [3.8, 4) is 11.1 Å². The fraction of sp³-hybridized carbons (Fsp3) is 0.125. The molecule has 23 heavy (non-hydrogen) atoms. The van der Waals surface area contributed by atoms with Crippen LogP contribution in [0, 0.1) is 0 Å². The number of carbonyl (C=O) groups excluding carboxylic acids is 2. The van der Waals surface area contributed by atoms with Crippen LogP contribution in [0.5, 0.6) is 0 Å². The molecule has 0 saturated carbocycles. The number of carbonyl (C=O) groups is 2. The summed E-state index contributed by atoms with van der Waals surface area (Å²) in [6, 6.07) is 11.4. The molecular weight excluding hydrogens is 318 g/mol. The van der Waals surface area contributed by atoms with Crippen molar-refractivity contribution in [2.45, 2.75) is 11.3 Å². The first kappa shape index (κ1) is 15.4. The van der Waals surface area contributed by atoms with Gasteiger partial charge in [-0.2, -0.15) is 0 Å². The maximum atomic E-state index is 12.4. The van der Waals surface area contributed by atoms with Crippen molar-refractivity contribution in [3.05, 3.63) is 53.6 Å². The van der Waals surface area contributed by atoms with Gasteiger partial charge in [0, 0.05) is 30.1 Å². The summed E-state index contributed by atoms with van der Waals surface area (Å²) in [6.07, 6.45) is -0.422. The molecule has 7 heteroatoms. The van der Waals surface area contributed by atoms with Gasteiger partial charge in [-0.25, -0.2) is 13.1 Å². The fourth-order valence-corrected chi connectivity index (χ4v) is 3.60. The highest BCUT2D eigenvalue weighted by Gasteiger charge is 2.28. The highest BCUT2D eigenvalue weighted by molar-refractivity contribution is 7.89. The predicted octanol–water partition coefficient (Wildman–Crippen LogP) is 0.316. The van der Waals surface area contributed by atoms with E-state index in [4.69, 9.17) is 0 Å². The third-order valence-corrected chi connectivity index (χ3v) is 5.09. The van der Waals surface area contributed by atoms with Crippen molar-refractivity contribution >= 4 is 21.8 Å². The van der Waals surface area contributed by atoms with Gasteiger partial charge in [-0.05, 0) is 23.3 Å². The van der Waals surface area contributed by atoms with Gasteiger partial charge >= 0.3 is 0 Å². The van der Waals surface area contributed by atoms with Gasteiger partial charge in [-0.3, -0.25) is 4.79 Å². The van der Waals surface area contributed by atoms with Gasteiger partial charge in [0.1, 0.15) is 0 Å². The van der Waals surface area contributed by atoms with Crippen LogP contribution < -0.4 is 9.83 Å². The Balaban J connectivity index is 1.94. The molecule has 0 spiro atoms. The number of carboxylic acids is 1. The lowest BCUT2D eigenvalue weighted by Crippen LogP contribution is -2.31. The van der Waals surface area contributed by atoms with E-state index < -0.39 is 22.4 Å². The Bertz CT molecular complexity index is 918. The molecule has 0 aliphatic heterocycles. The van der Waals surface area contributed by atoms with E-state index in [-0.39, 0.29) is 17.2 Å². The number of hydrogen-bond donors (Lipinski definition) is 1. The standard InChI is InChI=1S/C16H13NO5S/c18-15(19)7-8-17-23(21,22)10-5-6-12-11-3-1-2-4-13(11)16(20)14(12)9-10/h1-6,9,17H,7-8H2,(H,18,19)/p-1. The van der Waals surface area contributed by atoms with Crippen LogP contribution in [0.1, 0.15) is 22.3 Å². The average molecular weight is 330 g/mol. The minimum absolute atomic E-state index is 0.0734. The van der Waals surface area contributed by atoms with Crippen LogP contribution in [-0.4, -0.2) is 26.7 Å². The molecule has 0 aromatic heterocycles. The molecule has 0 heterocycles. The van der Waals surface area contributed by atoms with Gasteiger partial charge in [-0.15, -0.1) is 0 Å². The zero-order valence-electron chi connectivity index (χ0n) is 11.9. The number of fused-ring (bicyclic) bond motifs is 3. The summed E-state index contributed by atoms with van der Waals surface area (Å²) in [5.74, 6) is -1.56. The van der Waals surface area contributed by atoms with E-state index in [1.807, 2.05) is 12.1 Å². The van der Waals surface area contributed by atoms with Crippen molar-refractivity contribution in [2.24, 2.45) is 0 Å². The summed E-state index contributed by atoms with van der Waals surface area (Å²) in [5.41, 5.74) is 2.34. The van der Waals surface area contributed by atoms with Crippen LogP contribution in [-0.2, 0) is 14.8 Å². The third kappa shape index (κ3) is 2.76. The van der Waals surface area contributed by atoms with Crippen molar-refractivity contribution in [2.75, 3.05) is 6.54 Å². The van der Waals surface area contributed by atoms with Gasteiger partial charge < -0.3 is 9.90 Å². The number of benzene rings is 2. The molecular formula is C16H12NO5S-. The maximum absolute atomic E-state index is 12.4. The molecule has 2 aromatic carbocycles. The summed E-state index contributed by atoms with van der Waals surface area (Å²) in [5, 5.41) is 10.4. The number of hydrogen-bond acceptors (Lipinski definition) is 5. The van der Waals surface area contributed by atoms with E-state index >= 15 is 0 Å². The molecule has 0 unspecified atom stereocenters. The average Bonchev–Trinajstić information content (AvgIpc) is 2.80. The van der Waals surface area contributed by atoms with E-state index in [2.05, 4.69) is 4.72 Å². The Hall–Kier alpha value is -2.51. The normalized spacial score (nSPS) is 12.8. The molecule has 118 valence electrons. The van der Waals surface area contributed by atoms with E-state index in [1.165, 1.54) is 12.1 Å². The van der Waals surface area contributed by atoms with Crippen molar-refractivity contribution in [3.63, 3.8) is 0 Å². The number of ketones is 1. The number of nitrogens with one attached hydrogen (secondary N) is 1. The largest absolute Gasteiger partial charge is 0.550 e. The molecule has 3 rings (SSSR count). The Morgan fingerprint density at radius 3 is 2.35 bits per heavy atom. The highest BCUT2D eigenvalue weighted by Crippen LogP contribution is 2.37. The lowest BCUT2D eigenvalue weighted by Gasteiger charge is -2.08. The Kier molecular flexibility index (Phi) is 3.75. The molecule has 0 radical (unpaired) electrons. The molecule has 6 nitrogen and oxygen atoms in total. The van der Waals surface area contributed by atoms with Gasteiger partial charge in [0.15, 0.2) is 5.78 Å². The second-order valence-electron chi connectivity index (χ2n) is 5.10. The minimum atomic E-state index is -3.88. The molecule has 0 bridgehead atoms. The molecule has 2 aromatic rings. The quantitative estimate of drug-likeness (QED) is 0.725. The van der Waals surface area contributed by atoms with Crippen molar-refractivity contribution < 1.29 is 23.1 Å². The van der Waals surface area contributed by atoms with Crippen LogP contribution >= 0.6 is 0 Å². The minimum Gasteiger partial charge on any atom is -0.550 e. The van der Waals surface area contributed by atoms with Crippen LogP contribution in [0.15, 0.2) is 47.4 Å². The van der Waals surface area contributed by atoms with E-state index in [1.54, 1.807) is 18.2 Å². The second kappa shape index (κ2) is 5.60. The smallest absolute Gasteiger partial charge is 0.240 e. The Morgan fingerprint density at radius 1 is 1.00 bits per heavy atom. The summed E-state index contributed by atoms with van der Waals surface area (Å²) in [4.78, 5) is 22.6. The monoisotopic (exact) mass is 330 g/mol. The summed E-state index contributed by atoms with van der Waals surface area (Å²) in [7, 11) is -3.88. The van der Waals surface area contributed by atoms with E-state index in [0.29, 0.717) is 16.7 Å². The van der Waals surface area contributed by atoms with Crippen molar-refractivity contribution in [1.29, 1.82) is 0 Å². The zero-order chi connectivity index (χ0) is 16.6. The molecule has 1 N–H and O–H groups in total. The third-order valence-electron chi connectivity index (χ3n) is 3.63. The number of sulfonamides is 1. The van der Waals surface area contributed by atoms with Crippen LogP contribution in [0.4, 0.5) is 0 Å². The molecule has 0 amide bonds.